The highest BCUT2D eigenvalue weighted by atomic mass is 19.4. The van der Waals surface area contributed by atoms with E-state index in [0.29, 0.717) is 0 Å². The zero-order valence-corrected chi connectivity index (χ0v) is 7.57. The molecule has 0 spiro atoms. The third-order valence-corrected chi connectivity index (χ3v) is 1.53. The number of carbonyl (C=O) groups excluding carboxylic acids is 1. The molecule has 0 aliphatic rings. The van der Waals surface area contributed by atoms with Crippen molar-refractivity contribution in [1.29, 1.82) is 0 Å². The zero-order chi connectivity index (χ0) is 11.6. The number of aromatic nitrogens is 2. The highest BCUT2D eigenvalue weighted by Crippen LogP contribution is 2.30. The van der Waals surface area contributed by atoms with Crippen molar-refractivity contribution in [3.8, 4) is 11.8 Å². The van der Waals surface area contributed by atoms with E-state index in [9.17, 15) is 18.0 Å². The van der Waals surface area contributed by atoms with Crippen LogP contribution in [0.15, 0.2) is 0 Å². The Morgan fingerprint density at radius 2 is 2.13 bits per heavy atom. The van der Waals surface area contributed by atoms with Gasteiger partial charge in [-0.15, -0.1) is 0 Å². The smallest absolute Gasteiger partial charge is 0.359 e. The molecule has 0 aromatic carbocycles. The van der Waals surface area contributed by atoms with Gasteiger partial charge in [0.2, 0.25) is 0 Å². The number of carbonyl (C=O) groups is 1. The van der Waals surface area contributed by atoms with E-state index in [1.807, 2.05) is 11.8 Å². The first-order valence-corrected chi connectivity index (χ1v) is 3.76. The van der Waals surface area contributed by atoms with Gasteiger partial charge in [-0.25, -0.2) is 0 Å². The number of halogens is 3. The molecular formula is C8H6F3N3O. The van der Waals surface area contributed by atoms with Crippen molar-refractivity contribution in [2.75, 3.05) is 0 Å². The maximum absolute atomic E-state index is 12.3. The summed E-state index contributed by atoms with van der Waals surface area (Å²) in [6, 6.07) is 0. The second-order valence-corrected chi connectivity index (χ2v) is 2.68. The average molecular weight is 217 g/mol. The molecular weight excluding hydrogens is 211 g/mol. The molecule has 0 aliphatic carbocycles. The van der Waals surface area contributed by atoms with E-state index < -0.39 is 17.8 Å². The predicted octanol–water partition coefficient (Wildman–Crippen LogP) is 0.574. The van der Waals surface area contributed by atoms with Crippen LogP contribution in [0.1, 0.15) is 17.0 Å². The van der Waals surface area contributed by atoms with Gasteiger partial charge in [-0.3, -0.25) is 9.89 Å². The number of nitrogens with one attached hydrogen (secondary N) is 1. The monoisotopic (exact) mass is 217 g/mol. The van der Waals surface area contributed by atoms with Crippen molar-refractivity contribution in [1.82, 2.24) is 10.2 Å². The topological polar surface area (TPSA) is 71.8 Å². The molecule has 0 bridgehead atoms. The van der Waals surface area contributed by atoms with E-state index in [1.54, 1.807) is 0 Å². The van der Waals surface area contributed by atoms with Crippen LogP contribution in [-0.4, -0.2) is 16.1 Å². The molecule has 80 valence electrons. The Labute approximate surface area is 82.7 Å². The molecule has 4 nitrogen and oxygen atoms in total. The van der Waals surface area contributed by atoms with Gasteiger partial charge in [-0.1, -0.05) is 5.92 Å². The molecule has 7 heteroatoms. The number of hydrogen-bond donors (Lipinski definition) is 2. The van der Waals surface area contributed by atoms with Crippen LogP contribution in [0.5, 0.6) is 0 Å². The van der Waals surface area contributed by atoms with Crippen LogP contribution >= 0.6 is 0 Å². The lowest BCUT2D eigenvalue weighted by molar-refractivity contribution is -0.141. The highest BCUT2D eigenvalue weighted by Gasteiger charge is 2.37. The van der Waals surface area contributed by atoms with Crippen molar-refractivity contribution < 1.29 is 18.0 Å². The van der Waals surface area contributed by atoms with E-state index in [-0.39, 0.29) is 11.3 Å². The largest absolute Gasteiger partial charge is 0.436 e. The molecule has 0 radical (unpaired) electrons. The van der Waals surface area contributed by atoms with Gasteiger partial charge >= 0.3 is 6.18 Å². The summed E-state index contributed by atoms with van der Waals surface area (Å²) >= 11 is 0. The molecule has 1 aromatic heterocycles. The van der Waals surface area contributed by atoms with E-state index in [1.165, 1.54) is 6.92 Å². The number of amides is 1. The fourth-order valence-electron chi connectivity index (χ4n) is 0.911. The molecule has 1 aromatic rings. The third kappa shape index (κ3) is 2.49. The minimum atomic E-state index is -4.60. The first-order chi connectivity index (χ1) is 6.82. The number of rotatable bonds is 0. The Bertz CT molecular complexity index is 450. The van der Waals surface area contributed by atoms with Crippen LogP contribution in [0.3, 0.4) is 0 Å². The predicted molar refractivity (Wildman–Crippen MR) is 44.4 cm³/mol. The van der Waals surface area contributed by atoms with Crippen molar-refractivity contribution >= 4 is 5.91 Å². The quantitative estimate of drug-likeness (QED) is 0.624. The summed E-state index contributed by atoms with van der Waals surface area (Å²) < 4.78 is 37.0. The second kappa shape index (κ2) is 3.65. The maximum Gasteiger partial charge on any atom is 0.436 e. The van der Waals surface area contributed by atoms with Gasteiger partial charge in [0.25, 0.3) is 5.91 Å². The van der Waals surface area contributed by atoms with Gasteiger partial charge in [0.15, 0.2) is 5.69 Å². The highest BCUT2D eigenvalue weighted by molar-refractivity contribution is 5.92. The number of primary amides is 1. The minimum absolute atomic E-state index is 0.135. The lowest BCUT2D eigenvalue weighted by atomic mass is 10.2. The van der Waals surface area contributed by atoms with E-state index in [4.69, 9.17) is 5.73 Å². The Morgan fingerprint density at radius 3 is 2.60 bits per heavy atom. The molecule has 0 saturated heterocycles. The number of alkyl halides is 3. The molecule has 1 rings (SSSR count). The minimum Gasteiger partial charge on any atom is -0.359 e. The molecule has 15 heavy (non-hydrogen) atoms. The Balaban J connectivity index is 3.24. The molecule has 0 fully saturated rings. The number of aromatic amines is 1. The van der Waals surface area contributed by atoms with Gasteiger partial charge < -0.3 is 5.73 Å². The van der Waals surface area contributed by atoms with Crippen molar-refractivity contribution in [3.63, 3.8) is 0 Å². The number of H-pyrrole nitrogens is 1. The van der Waals surface area contributed by atoms with Gasteiger partial charge in [0, 0.05) is 11.6 Å². The molecule has 1 amide bonds. The third-order valence-electron chi connectivity index (χ3n) is 1.53. The molecule has 0 saturated carbocycles. The van der Waals surface area contributed by atoms with Crippen molar-refractivity contribution in [3.05, 3.63) is 17.0 Å². The molecule has 1 heterocycles. The van der Waals surface area contributed by atoms with Gasteiger partial charge in [-0.05, 0) is 6.92 Å². The summed E-state index contributed by atoms with van der Waals surface area (Å²) in [6.07, 6.45) is -4.60. The number of nitrogens with two attached hydrogens (primary N) is 1. The number of nitrogens with zero attached hydrogens (tertiary/aromatic N) is 1. The standard InChI is InChI=1S/C8H6F3N3O/c1-4-5(2-3-6(12)15)7(14-13-4)8(9,10)11/h1H3,(H2,12,15)(H,13,14). The van der Waals surface area contributed by atoms with Crippen LogP contribution in [0.2, 0.25) is 0 Å². The maximum atomic E-state index is 12.3. The van der Waals surface area contributed by atoms with Crippen LogP contribution < -0.4 is 5.73 Å². The summed E-state index contributed by atoms with van der Waals surface area (Å²) in [4.78, 5) is 10.3. The fourth-order valence-corrected chi connectivity index (χ4v) is 0.911. The molecule has 0 unspecified atom stereocenters. The SMILES string of the molecule is Cc1[nH]nc(C(F)(F)F)c1C#CC(N)=O. The molecule has 0 atom stereocenters. The van der Waals surface area contributed by atoms with Gasteiger partial charge in [-0.2, -0.15) is 18.3 Å². The van der Waals surface area contributed by atoms with E-state index in [0.717, 1.165) is 0 Å². The summed E-state index contributed by atoms with van der Waals surface area (Å²) in [7, 11) is 0. The first kappa shape index (κ1) is 11.1. The lowest BCUT2D eigenvalue weighted by Crippen LogP contribution is -2.09. The fraction of sp³-hybridized carbons (Fsp3) is 0.250. The van der Waals surface area contributed by atoms with E-state index >= 15 is 0 Å². The first-order valence-electron chi connectivity index (χ1n) is 3.76. The second-order valence-electron chi connectivity index (χ2n) is 2.68. The van der Waals surface area contributed by atoms with Gasteiger partial charge in [0.05, 0.1) is 5.56 Å². The van der Waals surface area contributed by atoms with E-state index in [2.05, 4.69) is 10.2 Å². The normalized spacial score (nSPS) is 10.7. The van der Waals surface area contributed by atoms with Gasteiger partial charge in [0.1, 0.15) is 0 Å². The molecule has 3 N–H and O–H groups in total. The zero-order valence-electron chi connectivity index (χ0n) is 7.57. The summed E-state index contributed by atoms with van der Waals surface area (Å²) in [6.45, 7) is 1.37. The number of aryl methyl sites for hydroxylation is 1. The van der Waals surface area contributed by atoms with Crippen molar-refractivity contribution in [2.24, 2.45) is 5.73 Å². The summed E-state index contributed by atoms with van der Waals surface area (Å²) in [5.41, 5.74) is 3.32. The Morgan fingerprint density at radius 1 is 1.53 bits per heavy atom. The summed E-state index contributed by atoms with van der Waals surface area (Å²) in [5, 5.41) is 5.20. The van der Waals surface area contributed by atoms with Crippen molar-refractivity contribution in [2.45, 2.75) is 13.1 Å². The Hall–Kier alpha value is -1.97. The van der Waals surface area contributed by atoms with Crippen LogP contribution in [0.25, 0.3) is 0 Å². The Kier molecular flexibility index (Phi) is 2.70. The summed E-state index contributed by atoms with van der Waals surface area (Å²) in [5.74, 6) is 2.86. The average Bonchev–Trinajstić information content (AvgIpc) is 2.42. The molecule has 0 aliphatic heterocycles. The van der Waals surface area contributed by atoms with Crippen LogP contribution in [0, 0.1) is 18.8 Å². The van der Waals surface area contributed by atoms with Crippen LogP contribution in [-0.2, 0) is 11.0 Å². The number of hydrogen-bond acceptors (Lipinski definition) is 2. The lowest BCUT2D eigenvalue weighted by Gasteiger charge is -2.01. The van der Waals surface area contributed by atoms with Crippen LogP contribution in [0.4, 0.5) is 13.2 Å².